The molecule has 5 heteroatoms. The molecule has 2 nitrogen and oxygen atoms in total. The zero-order chi connectivity index (χ0) is 9.19. The van der Waals surface area contributed by atoms with E-state index in [1.807, 2.05) is 0 Å². The van der Waals surface area contributed by atoms with Gasteiger partial charge < -0.3 is 11.1 Å². The maximum Gasteiger partial charge on any atom is 0.392 e. The lowest BCUT2D eigenvalue weighted by atomic mass is 9.86. The van der Waals surface area contributed by atoms with Crippen LogP contribution >= 0.6 is 0 Å². The Morgan fingerprint density at radius 1 is 1.42 bits per heavy atom. The molecule has 0 aliphatic carbocycles. The first-order valence-electron chi connectivity index (χ1n) is 4.03. The molecule has 2 atom stereocenters. The van der Waals surface area contributed by atoms with Gasteiger partial charge in [-0.1, -0.05) is 0 Å². The van der Waals surface area contributed by atoms with Crippen LogP contribution < -0.4 is 11.1 Å². The van der Waals surface area contributed by atoms with E-state index >= 15 is 0 Å². The average molecular weight is 182 g/mol. The summed E-state index contributed by atoms with van der Waals surface area (Å²) >= 11 is 0. The van der Waals surface area contributed by atoms with Crippen LogP contribution in [0.4, 0.5) is 13.2 Å². The Balaban J connectivity index is 2.59. The lowest BCUT2D eigenvalue weighted by molar-refractivity contribution is -0.192. The van der Waals surface area contributed by atoms with Gasteiger partial charge in [-0.05, 0) is 32.0 Å². The number of rotatable bonds is 1. The summed E-state index contributed by atoms with van der Waals surface area (Å²) in [6.07, 6.45) is -3.92. The SMILES string of the molecule is NCC1CNCCC1C(F)(F)F. The molecule has 0 amide bonds. The first-order valence-corrected chi connectivity index (χ1v) is 4.03. The minimum absolute atomic E-state index is 0.108. The van der Waals surface area contributed by atoms with E-state index in [4.69, 9.17) is 5.73 Å². The molecule has 0 aromatic rings. The Morgan fingerprint density at radius 2 is 2.08 bits per heavy atom. The van der Waals surface area contributed by atoms with Crippen LogP contribution in [-0.2, 0) is 0 Å². The molecule has 1 saturated heterocycles. The molecule has 0 radical (unpaired) electrons. The lowest BCUT2D eigenvalue weighted by Gasteiger charge is -2.32. The highest BCUT2D eigenvalue weighted by Crippen LogP contribution is 2.35. The summed E-state index contributed by atoms with van der Waals surface area (Å²) in [5.41, 5.74) is 5.25. The van der Waals surface area contributed by atoms with Crippen molar-refractivity contribution in [1.82, 2.24) is 5.32 Å². The van der Waals surface area contributed by atoms with E-state index in [1.165, 1.54) is 0 Å². The molecule has 0 aromatic carbocycles. The molecule has 72 valence electrons. The summed E-state index contributed by atoms with van der Waals surface area (Å²) in [5, 5.41) is 2.91. The molecule has 1 aliphatic heterocycles. The highest BCUT2D eigenvalue weighted by Gasteiger charge is 2.44. The third-order valence-electron chi connectivity index (χ3n) is 2.33. The molecule has 3 N–H and O–H groups in total. The van der Waals surface area contributed by atoms with Crippen LogP contribution in [0.5, 0.6) is 0 Å². The molecule has 1 fully saturated rings. The van der Waals surface area contributed by atoms with Crippen molar-refractivity contribution < 1.29 is 13.2 Å². The van der Waals surface area contributed by atoms with Crippen LogP contribution in [0.25, 0.3) is 0 Å². The third-order valence-corrected chi connectivity index (χ3v) is 2.33. The van der Waals surface area contributed by atoms with Crippen molar-refractivity contribution in [2.45, 2.75) is 12.6 Å². The fourth-order valence-electron chi connectivity index (χ4n) is 1.60. The minimum Gasteiger partial charge on any atom is -0.330 e. The van der Waals surface area contributed by atoms with Crippen LogP contribution in [0.1, 0.15) is 6.42 Å². The van der Waals surface area contributed by atoms with Crippen LogP contribution in [-0.4, -0.2) is 25.8 Å². The number of nitrogens with two attached hydrogens (primary N) is 1. The predicted octanol–water partition coefficient (Wildman–Crippen LogP) is 0.733. The fourth-order valence-corrected chi connectivity index (χ4v) is 1.60. The van der Waals surface area contributed by atoms with E-state index in [0.717, 1.165) is 0 Å². The second kappa shape index (κ2) is 3.62. The van der Waals surface area contributed by atoms with Crippen molar-refractivity contribution in [3.8, 4) is 0 Å². The van der Waals surface area contributed by atoms with E-state index in [9.17, 15) is 13.2 Å². The third kappa shape index (κ3) is 2.10. The van der Waals surface area contributed by atoms with Gasteiger partial charge in [0, 0.05) is 0 Å². The Labute approximate surface area is 69.3 Å². The van der Waals surface area contributed by atoms with Crippen LogP contribution in [0.15, 0.2) is 0 Å². The largest absolute Gasteiger partial charge is 0.392 e. The first kappa shape index (κ1) is 9.80. The smallest absolute Gasteiger partial charge is 0.330 e. The van der Waals surface area contributed by atoms with Gasteiger partial charge in [0.15, 0.2) is 0 Å². The molecule has 1 aliphatic rings. The molecular weight excluding hydrogens is 169 g/mol. The van der Waals surface area contributed by atoms with Crippen LogP contribution in [0.3, 0.4) is 0 Å². The molecule has 0 saturated carbocycles. The van der Waals surface area contributed by atoms with E-state index in [0.29, 0.717) is 13.1 Å². The van der Waals surface area contributed by atoms with Crippen molar-refractivity contribution in [3.63, 3.8) is 0 Å². The van der Waals surface area contributed by atoms with Crippen LogP contribution in [0, 0.1) is 11.8 Å². The van der Waals surface area contributed by atoms with E-state index < -0.39 is 18.0 Å². The van der Waals surface area contributed by atoms with Crippen molar-refractivity contribution in [1.29, 1.82) is 0 Å². The summed E-state index contributed by atoms with van der Waals surface area (Å²) in [6.45, 7) is 0.943. The Morgan fingerprint density at radius 3 is 2.50 bits per heavy atom. The van der Waals surface area contributed by atoms with Gasteiger partial charge in [-0.3, -0.25) is 0 Å². The summed E-state index contributed by atoms with van der Waals surface area (Å²) < 4.78 is 36.9. The first-order chi connectivity index (χ1) is 5.55. The maximum absolute atomic E-state index is 12.3. The van der Waals surface area contributed by atoms with E-state index in [1.54, 1.807) is 0 Å². The molecule has 0 bridgehead atoms. The van der Waals surface area contributed by atoms with Crippen LogP contribution in [0.2, 0.25) is 0 Å². The molecule has 2 unspecified atom stereocenters. The Kier molecular flexibility index (Phi) is 2.95. The Bertz CT molecular complexity index is 146. The van der Waals surface area contributed by atoms with Gasteiger partial charge in [-0.2, -0.15) is 13.2 Å². The highest BCUT2D eigenvalue weighted by atomic mass is 19.4. The van der Waals surface area contributed by atoms with Crippen molar-refractivity contribution in [2.24, 2.45) is 17.6 Å². The fraction of sp³-hybridized carbons (Fsp3) is 1.00. The van der Waals surface area contributed by atoms with Crippen molar-refractivity contribution in [2.75, 3.05) is 19.6 Å². The molecule has 12 heavy (non-hydrogen) atoms. The monoisotopic (exact) mass is 182 g/mol. The summed E-state index contributed by atoms with van der Waals surface area (Å²) in [4.78, 5) is 0. The van der Waals surface area contributed by atoms with Gasteiger partial charge >= 0.3 is 6.18 Å². The molecule has 0 aromatic heterocycles. The summed E-state index contributed by atoms with van der Waals surface area (Å²) in [7, 11) is 0. The highest BCUT2D eigenvalue weighted by molar-refractivity contribution is 4.83. The average Bonchev–Trinajstić information content (AvgIpc) is 2.03. The van der Waals surface area contributed by atoms with Gasteiger partial charge in [-0.25, -0.2) is 0 Å². The predicted molar refractivity (Wildman–Crippen MR) is 39.6 cm³/mol. The number of nitrogens with one attached hydrogen (secondary N) is 1. The number of alkyl halides is 3. The maximum atomic E-state index is 12.3. The quantitative estimate of drug-likeness (QED) is 0.627. The number of halogens is 3. The summed E-state index contributed by atoms with van der Waals surface area (Å²) in [5.74, 6) is -1.65. The summed E-state index contributed by atoms with van der Waals surface area (Å²) in [6, 6.07) is 0. The second-order valence-corrected chi connectivity index (χ2v) is 3.14. The van der Waals surface area contributed by atoms with E-state index in [2.05, 4.69) is 5.32 Å². The molecule has 1 rings (SSSR count). The second-order valence-electron chi connectivity index (χ2n) is 3.14. The Hall–Kier alpha value is -0.290. The molecular formula is C7H13F3N2. The van der Waals surface area contributed by atoms with Gasteiger partial charge in [0.1, 0.15) is 0 Å². The zero-order valence-corrected chi connectivity index (χ0v) is 6.69. The number of hydrogen-bond acceptors (Lipinski definition) is 2. The van der Waals surface area contributed by atoms with Gasteiger partial charge in [-0.15, -0.1) is 0 Å². The molecule has 1 heterocycles. The number of piperidine rings is 1. The van der Waals surface area contributed by atoms with Gasteiger partial charge in [0.05, 0.1) is 5.92 Å². The van der Waals surface area contributed by atoms with E-state index in [-0.39, 0.29) is 13.0 Å². The molecule has 0 spiro atoms. The number of hydrogen-bond donors (Lipinski definition) is 2. The van der Waals surface area contributed by atoms with Gasteiger partial charge in [0.2, 0.25) is 0 Å². The van der Waals surface area contributed by atoms with Crippen molar-refractivity contribution in [3.05, 3.63) is 0 Å². The topological polar surface area (TPSA) is 38.0 Å². The van der Waals surface area contributed by atoms with Crippen molar-refractivity contribution >= 4 is 0 Å². The lowest BCUT2D eigenvalue weighted by Crippen LogP contribution is -2.46. The van der Waals surface area contributed by atoms with Gasteiger partial charge in [0.25, 0.3) is 0 Å². The normalized spacial score (nSPS) is 32.0. The standard InChI is InChI=1S/C7H13F3N2/c8-7(9,10)6-1-2-12-4-5(6)3-11/h5-6,12H,1-4,11H2. The minimum atomic E-state index is -4.08. The zero-order valence-electron chi connectivity index (χ0n) is 6.69.